The summed E-state index contributed by atoms with van der Waals surface area (Å²) in [6.45, 7) is 2.76. The molecule has 0 unspecified atom stereocenters. The van der Waals surface area contributed by atoms with E-state index in [-0.39, 0.29) is 11.8 Å². The Morgan fingerprint density at radius 2 is 2.13 bits per heavy atom. The monoisotopic (exact) mass is 312 g/mol. The van der Waals surface area contributed by atoms with Crippen molar-refractivity contribution in [2.45, 2.75) is 12.8 Å². The summed E-state index contributed by atoms with van der Waals surface area (Å²) in [5.74, 6) is 1.35. The SMILES string of the molecule is Cc1cc(C(=O)N2CC(c3nc(-c4cnccn4)no3)C2)no1. The van der Waals surface area contributed by atoms with Crippen LogP contribution in [0, 0.1) is 6.92 Å². The lowest BCUT2D eigenvalue weighted by Gasteiger charge is -2.36. The Kier molecular flexibility index (Phi) is 3.11. The number of hydrogen-bond acceptors (Lipinski definition) is 8. The molecule has 116 valence electrons. The van der Waals surface area contributed by atoms with Crippen LogP contribution in [0.1, 0.15) is 28.1 Å². The summed E-state index contributed by atoms with van der Waals surface area (Å²) in [6, 6.07) is 1.62. The fourth-order valence-electron chi connectivity index (χ4n) is 2.35. The van der Waals surface area contributed by atoms with E-state index >= 15 is 0 Å². The molecule has 1 aliphatic heterocycles. The molecule has 1 saturated heterocycles. The van der Waals surface area contributed by atoms with Gasteiger partial charge in [0.15, 0.2) is 5.69 Å². The molecular weight excluding hydrogens is 300 g/mol. The van der Waals surface area contributed by atoms with Crippen molar-refractivity contribution in [3.63, 3.8) is 0 Å². The first kappa shape index (κ1) is 13.6. The van der Waals surface area contributed by atoms with Crippen molar-refractivity contribution < 1.29 is 13.8 Å². The van der Waals surface area contributed by atoms with Crippen LogP contribution in [-0.2, 0) is 0 Å². The molecule has 9 nitrogen and oxygen atoms in total. The van der Waals surface area contributed by atoms with Crippen LogP contribution in [0.5, 0.6) is 0 Å². The minimum absolute atomic E-state index is 0.0184. The molecule has 0 saturated carbocycles. The zero-order valence-corrected chi connectivity index (χ0v) is 12.2. The molecule has 0 atom stereocenters. The van der Waals surface area contributed by atoms with Crippen LogP contribution in [0.3, 0.4) is 0 Å². The minimum atomic E-state index is -0.160. The van der Waals surface area contributed by atoms with Gasteiger partial charge < -0.3 is 13.9 Å². The van der Waals surface area contributed by atoms with Crippen LogP contribution < -0.4 is 0 Å². The van der Waals surface area contributed by atoms with Gasteiger partial charge in [-0.3, -0.25) is 9.78 Å². The Labute approximate surface area is 130 Å². The molecule has 9 heteroatoms. The van der Waals surface area contributed by atoms with Crippen molar-refractivity contribution in [1.82, 2.24) is 30.2 Å². The van der Waals surface area contributed by atoms with Gasteiger partial charge in [-0.15, -0.1) is 0 Å². The van der Waals surface area contributed by atoms with E-state index in [0.717, 1.165) is 0 Å². The van der Waals surface area contributed by atoms with Crippen LogP contribution >= 0.6 is 0 Å². The second-order valence-electron chi connectivity index (χ2n) is 5.28. The highest BCUT2D eigenvalue weighted by atomic mass is 16.5. The predicted octanol–water partition coefficient (Wildman–Crippen LogP) is 1.06. The van der Waals surface area contributed by atoms with Crippen molar-refractivity contribution in [1.29, 1.82) is 0 Å². The summed E-state index contributed by atoms with van der Waals surface area (Å²) in [5.41, 5.74) is 0.861. The molecule has 1 fully saturated rings. The second-order valence-corrected chi connectivity index (χ2v) is 5.28. The molecule has 4 heterocycles. The smallest absolute Gasteiger partial charge is 0.276 e. The lowest BCUT2D eigenvalue weighted by atomic mass is 9.99. The van der Waals surface area contributed by atoms with E-state index in [4.69, 9.17) is 9.05 Å². The van der Waals surface area contributed by atoms with E-state index in [1.807, 2.05) is 0 Å². The van der Waals surface area contributed by atoms with Gasteiger partial charge in [0.05, 0.1) is 12.1 Å². The summed E-state index contributed by atoms with van der Waals surface area (Å²) >= 11 is 0. The molecule has 23 heavy (non-hydrogen) atoms. The highest BCUT2D eigenvalue weighted by molar-refractivity contribution is 5.92. The third-order valence-corrected chi connectivity index (χ3v) is 3.60. The van der Waals surface area contributed by atoms with Gasteiger partial charge in [-0.25, -0.2) is 4.98 Å². The molecule has 3 aromatic heterocycles. The van der Waals surface area contributed by atoms with Gasteiger partial charge in [-0.2, -0.15) is 4.98 Å². The van der Waals surface area contributed by atoms with Gasteiger partial charge in [0.25, 0.3) is 5.91 Å². The number of rotatable bonds is 3. The Morgan fingerprint density at radius 1 is 1.26 bits per heavy atom. The molecule has 1 aliphatic rings. The molecule has 0 spiro atoms. The summed E-state index contributed by atoms with van der Waals surface area (Å²) in [5, 5.41) is 7.63. The first-order valence-electron chi connectivity index (χ1n) is 7.03. The number of nitrogens with zero attached hydrogens (tertiary/aromatic N) is 6. The molecule has 4 rings (SSSR count). The lowest BCUT2D eigenvalue weighted by molar-refractivity contribution is 0.0558. The van der Waals surface area contributed by atoms with E-state index in [9.17, 15) is 4.79 Å². The highest BCUT2D eigenvalue weighted by Crippen LogP contribution is 2.28. The molecular formula is C14H12N6O3. The van der Waals surface area contributed by atoms with Gasteiger partial charge in [0, 0.05) is 31.5 Å². The number of amides is 1. The number of aryl methyl sites for hydroxylation is 1. The first-order chi connectivity index (χ1) is 11.2. The molecule has 0 aromatic carbocycles. The summed E-state index contributed by atoms with van der Waals surface area (Å²) in [7, 11) is 0. The fraction of sp³-hybridized carbons (Fsp3) is 0.286. The van der Waals surface area contributed by atoms with E-state index in [2.05, 4.69) is 25.3 Å². The van der Waals surface area contributed by atoms with E-state index in [0.29, 0.717) is 42.0 Å². The normalized spacial score (nSPS) is 14.7. The fourth-order valence-corrected chi connectivity index (χ4v) is 2.35. The van der Waals surface area contributed by atoms with Crippen molar-refractivity contribution in [3.05, 3.63) is 42.0 Å². The number of carbonyl (C=O) groups is 1. The second kappa shape index (κ2) is 5.27. The van der Waals surface area contributed by atoms with Gasteiger partial charge >= 0.3 is 0 Å². The summed E-state index contributed by atoms with van der Waals surface area (Å²) in [6.07, 6.45) is 4.71. The molecule has 3 aromatic rings. The summed E-state index contributed by atoms with van der Waals surface area (Å²) in [4.78, 5) is 26.2. The molecule has 0 radical (unpaired) electrons. The van der Waals surface area contributed by atoms with Crippen molar-refractivity contribution in [3.8, 4) is 11.5 Å². The third kappa shape index (κ3) is 2.45. The highest BCUT2D eigenvalue weighted by Gasteiger charge is 2.37. The van der Waals surface area contributed by atoms with Crippen LogP contribution in [-0.4, -0.2) is 49.2 Å². The van der Waals surface area contributed by atoms with Gasteiger partial charge in [-0.1, -0.05) is 10.3 Å². The minimum Gasteiger partial charge on any atom is -0.361 e. The van der Waals surface area contributed by atoms with Crippen molar-refractivity contribution in [2.24, 2.45) is 0 Å². The molecule has 0 aliphatic carbocycles. The lowest BCUT2D eigenvalue weighted by Crippen LogP contribution is -2.48. The first-order valence-corrected chi connectivity index (χ1v) is 7.03. The summed E-state index contributed by atoms with van der Waals surface area (Å²) < 4.78 is 10.2. The maximum absolute atomic E-state index is 12.2. The number of carbonyl (C=O) groups excluding carboxylic acids is 1. The Morgan fingerprint density at radius 3 is 2.83 bits per heavy atom. The average molecular weight is 312 g/mol. The third-order valence-electron chi connectivity index (χ3n) is 3.60. The molecule has 0 N–H and O–H groups in total. The van der Waals surface area contributed by atoms with E-state index < -0.39 is 0 Å². The van der Waals surface area contributed by atoms with E-state index in [1.165, 1.54) is 0 Å². The Bertz CT molecular complexity index is 837. The largest absolute Gasteiger partial charge is 0.361 e. The zero-order valence-electron chi connectivity index (χ0n) is 12.2. The number of likely N-dealkylation sites (tertiary alicyclic amines) is 1. The zero-order chi connectivity index (χ0) is 15.8. The quantitative estimate of drug-likeness (QED) is 0.706. The Hall–Kier alpha value is -3.10. The van der Waals surface area contributed by atoms with Crippen molar-refractivity contribution >= 4 is 5.91 Å². The molecule has 1 amide bonds. The van der Waals surface area contributed by atoms with Crippen LogP contribution in [0.4, 0.5) is 0 Å². The maximum Gasteiger partial charge on any atom is 0.276 e. The number of hydrogen-bond donors (Lipinski definition) is 0. The van der Waals surface area contributed by atoms with Gasteiger partial charge in [0.2, 0.25) is 11.7 Å². The molecule has 0 bridgehead atoms. The predicted molar refractivity (Wildman–Crippen MR) is 75.2 cm³/mol. The average Bonchev–Trinajstić information content (AvgIpc) is 3.16. The van der Waals surface area contributed by atoms with Crippen LogP contribution in [0.25, 0.3) is 11.5 Å². The number of aromatic nitrogens is 5. The maximum atomic E-state index is 12.2. The van der Waals surface area contributed by atoms with Crippen LogP contribution in [0.2, 0.25) is 0 Å². The van der Waals surface area contributed by atoms with Crippen LogP contribution in [0.15, 0.2) is 33.7 Å². The van der Waals surface area contributed by atoms with Gasteiger partial charge in [0.1, 0.15) is 11.5 Å². The van der Waals surface area contributed by atoms with Crippen molar-refractivity contribution in [2.75, 3.05) is 13.1 Å². The van der Waals surface area contributed by atoms with Gasteiger partial charge in [-0.05, 0) is 6.92 Å². The Balaban J connectivity index is 1.42. The topological polar surface area (TPSA) is 111 Å². The van der Waals surface area contributed by atoms with E-state index in [1.54, 1.807) is 36.5 Å². The standard InChI is InChI=1S/C14H12N6O3/c1-8-4-10(18-22-8)14(21)20-6-9(7-20)13-17-12(19-23-13)11-5-15-2-3-16-11/h2-5,9H,6-7H2,1H3.